The largest absolute Gasteiger partial charge is 0.507 e. The van der Waals surface area contributed by atoms with Gasteiger partial charge in [0.1, 0.15) is 11.5 Å². The Balaban J connectivity index is 1.57. The second-order valence-corrected chi connectivity index (χ2v) is 9.87. The minimum Gasteiger partial charge on any atom is -0.507 e. The van der Waals surface area contributed by atoms with Crippen LogP contribution in [0.4, 0.5) is 0 Å². The number of carbonyl (C=O) groups is 3. The minimum atomic E-state index is -0.686. The lowest BCUT2D eigenvalue weighted by Gasteiger charge is -2.41. The molecule has 0 spiro atoms. The number of hydrogen-bond acceptors (Lipinski definition) is 8. The number of phenols is 1. The summed E-state index contributed by atoms with van der Waals surface area (Å²) < 4.78 is 11.9. The molecule has 0 radical (unpaired) electrons. The number of fused-ring (bicyclic) bond motifs is 3. The number of ketones is 3. The summed E-state index contributed by atoms with van der Waals surface area (Å²) in [5.74, 6) is -1.41. The van der Waals surface area contributed by atoms with E-state index >= 15 is 0 Å². The summed E-state index contributed by atoms with van der Waals surface area (Å²) >= 11 is 0. The van der Waals surface area contributed by atoms with Crippen LogP contribution in [0.2, 0.25) is 0 Å². The molecule has 8 nitrogen and oxygen atoms in total. The van der Waals surface area contributed by atoms with E-state index in [9.17, 15) is 24.6 Å². The Labute approximate surface area is 192 Å². The molecule has 2 fully saturated rings. The molecule has 7 atom stereocenters. The van der Waals surface area contributed by atoms with E-state index in [2.05, 4.69) is 0 Å². The van der Waals surface area contributed by atoms with Crippen LogP contribution in [0, 0.1) is 5.92 Å². The molecule has 0 aromatic heterocycles. The number of aliphatic hydroxyl groups is 1. The normalized spacial score (nSPS) is 36.2. The van der Waals surface area contributed by atoms with Crippen LogP contribution in [-0.4, -0.2) is 77.0 Å². The highest BCUT2D eigenvalue weighted by Crippen LogP contribution is 2.47. The van der Waals surface area contributed by atoms with Gasteiger partial charge >= 0.3 is 0 Å². The number of carbonyl (C=O) groups excluding carboxylic acids is 3. The summed E-state index contributed by atoms with van der Waals surface area (Å²) in [6.45, 7) is 3.48. The molecule has 33 heavy (non-hydrogen) atoms. The zero-order valence-electron chi connectivity index (χ0n) is 19.2. The highest BCUT2D eigenvalue weighted by atomic mass is 16.5. The fraction of sp³-hybridized carbons (Fsp3) is 0.560. The van der Waals surface area contributed by atoms with E-state index in [-0.39, 0.29) is 59.0 Å². The van der Waals surface area contributed by atoms with Crippen LogP contribution in [0.5, 0.6) is 5.75 Å². The van der Waals surface area contributed by atoms with Crippen molar-refractivity contribution in [2.24, 2.45) is 5.92 Å². The fourth-order valence-corrected chi connectivity index (χ4v) is 5.95. The molecule has 1 saturated heterocycles. The van der Waals surface area contributed by atoms with Gasteiger partial charge in [-0.1, -0.05) is 6.07 Å². The Morgan fingerprint density at radius 2 is 1.73 bits per heavy atom. The maximum Gasteiger partial charge on any atom is 0.196 e. The molecule has 0 amide bonds. The molecule has 2 heterocycles. The van der Waals surface area contributed by atoms with Gasteiger partial charge in [0.15, 0.2) is 11.6 Å². The van der Waals surface area contributed by atoms with Crippen LogP contribution < -0.4 is 0 Å². The van der Waals surface area contributed by atoms with Crippen molar-refractivity contribution in [1.82, 2.24) is 4.90 Å². The van der Waals surface area contributed by atoms with Gasteiger partial charge < -0.3 is 24.6 Å². The van der Waals surface area contributed by atoms with Gasteiger partial charge in [-0.15, -0.1) is 0 Å². The predicted molar refractivity (Wildman–Crippen MR) is 117 cm³/mol. The van der Waals surface area contributed by atoms with Gasteiger partial charge in [-0.05, 0) is 40.4 Å². The van der Waals surface area contributed by atoms with E-state index in [1.165, 1.54) is 0 Å². The Morgan fingerprint density at radius 3 is 2.42 bits per heavy atom. The van der Waals surface area contributed by atoms with E-state index < -0.39 is 36.1 Å². The lowest BCUT2D eigenvalue weighted by molar-refractivity contribution is -0.142. The molecular formula is C25H29NO7. The van der Waals surface area contributed by atoms with Gasteiger partial charge in [-0.25, -0.2) is 0 Å². The standard InChI is InChI=1S/C25H29NO7/c1-10-19-20(15-7-12(27)8-17(15)32-10)24(30)14-6-5-13(23(29)21(14)25(19)31)18-9-16(26(3)4)22(28)11(2)33-18/h5-6,10-11,15-18,22,28-29H,7-9H2,1-4H3/t10-,11-,15+,16-,17-,18-,22-/m1/s1. The first-order valence-electron chi connectivity index (χ1n) is 11.5. The third-order valence-electron chi connectivity index (χ3n) is 7.66. The molecule has 2 N–H and O–H groups in total. The summed E-state index contributed by atoms with van der Waals surface area (Å²) in [5.41, 5.74) is 1.16. The average molecular weight is 456 g/mol. The van der Waals surface area contributed by atoms with Crippen molar-refractivity contribution in [1.29, 1.82) is 0 Å². The van der Waals surface area contributed by atoms with Crippen LogP contribution in [0.3, 0.4) is 0 Å². The highest BCUT2D eigenvalue weighted by molar-refractivity contribution is 6.29. The van der Waals surface area contributed by atoms with Gasteiger partial charge in [0.2, 0.25) is 0 Å². The van der Waals surface area contributed by atoms with Gasteiger partial charge in [0.25, 0.3) is 0 Å². The van der Waals surface area contributed by atoms with Crippen LogP contribution in [0.1, 0.15) is 65.5 Å². The summed E-state index contributed by atoms with van der Waals surface area (Å²) in [6.07, 6.45) is -1.86. The number of ether oxygens (including phenoxy) is 2. The molecule has 8 heteroatoms. The Hall–Kier alpha value is -2.39. The number of benzene rings is 1. The average Bonchev–Trinajstić information content (AvgIpc) is 3.12. The van der Waals surface area contributed by atoms with E-state index in [0.29, 0.717) is 17.6 Å². The summed E-state index contributed by atoms with van der Waals surface area (Å²) in [6, 6.07) is 3.01. The van der Waals surface area contributed by atoms with Crippen molar-refractivity contribution >= 4 is 17.3 Å². The number of rotatable bonds is 2. The van der Waals surface area contributed by atoms with Crippen molar-refractivity contribution in [2.75, 3.05) is 14.1 Å². The number of hydrogen-bond donors (Lipinski definition) is 2. The monoisotopic (exact) mass is 455 g/mol. The fourth-order valence-electron chi connectivity index (χ4n) is 5.95. The van der Waals surface area contributed by atoms with Gasteiger partial charge in [-0.2, -0.15) is 0 Å². The van der Waals surface area contributed by atoms with Crippen LogP contribution >= 0.6 is 0 Å². The second kappa shape index (κ2) is 7.84. The molecule has 2 aliphatic heterocycles. The third kappa shape index (κ3) is 3.31. The number of aliphatic hydroxyl groups excluding tert-OH is 1. The Morgan fingerprint density at radius 1 is 1.00 bits per heavy atom. The van der Waals surface area contributed by atoms with Gasteiger partial charge in [-0.3, -0.25) is 14.4 Å². The quantitative estimate of drug-likeness (QED) is 0.696. The SMILES string of the molecule is C[C@H]1O[C@@H]2CC(=O)C[C@@H]2C2=C1C(=O)c1c(ccc([C@H]3C[C@@H](N(C)C)[C@H](O)[C@@H](C)O3)c1O)C2=O. The Kier molecular flexibility index (Phi) is 5.32. The van der Waals surface area contributed by atoms with Crippen molar-refractivity contribution < 1.29 is 34.1 Å². The van der Waals surface area contributed by atoms with E-state index in [0.717, 1.165) is 0 Å². The van der Waals surface area contributed by atoms with E-state index in [1.807, 2.05) is 19.0 Å². The molecule has 1 saturated carbocycles. The maximum atomic E-state index is 13.6. The molecule has 0 bridgehead atoms. The van der Waals surface area contributed by atoms with E-state index in [4.69, 9.17) is 9.47 Å². The summed E-state index contributed by atoms with van der Waals surface area (Å²) in [4.78, 5) is 41.1. The zero-order chi connectivity index (χ0) is 23.8. The van der Waals surface area contributed by atoms with Crippen LogP contribution in [-0.2, 0) is 14.3 Å². The summed E-state index contributed by atoms with van der Waals surface area (Å²) in [5, 5.41) is 21.7. The number of phenolic OH excluding ortho intramolecular Hbond substituents is 1. The molecule has 176 valence electrons. The first kappa shape index (κ1) is 22.4. The third-order valence-corrected chi connectivity index (χ3v) is 7.66. The minimum absolute atomic E-state index is 0.0244. The molecule has 4 aliphatic rings. The number of nitrogens with zero attached hydrogens (tertiary/aromatic N) is 1. The molecule has 1 aromatic rings. The molecular weight excluding hydrogens is 426 g/mol. The molecule has 2 aliphatic carbocycles. The molecule has 0 unspecified atom stereocenters. The lowest BCUT2D eigenvalue weighted by atomic mass is 9.73. The Bertz CT molecular complexity index is 1090. The molecule has 1 aromatic carbocycles. The van der Waals surface area contributed by atoms with Gasteiger partial charge in [0, 0.05) is 47.1 Å². The first-order chi connectivity index (χ1) is 15.6. The first-order valence-corrected chi connectivity index (χ1v) is 11.5. The number of likely N-dealkylation sites (N-methyl/N-ethyl adjacent to an activating group) is 1. The van der Waals surface area contributed by atoms with Crippen molar-refractivity contribution in [3.8, 4) is 5.75 Å². The van der Waals surface area contributed by atoms with Crippen molar-refractivity contribution in [2.45, 2.75) is 69.7 Å². The van der Waals surface area contributed by atoms with Crippen LogP contribution in [0.15, 0.2) is 23.3 Å². The maximum absolute atomic E-state index is 13.6. The summed E-state index contributed by atoms with van der Waals surface area (Å²) in [7, 11) is 3.74. The number of aromatic hydroxyl groups is 1. The smallest absolute Gasteiger partial charge is 0.196 e. The lowest BCUT2D eigenvalue weighted by Crippen LogP contribution is -2.50. The van der Waals surface area contributed by atoms with Gasteiger partial charge in [0.05, 0.1) is 36.1 Å². The van der Waals surface area contributed by atoms with E-state index in [1.54, 1.807) is 26.0 Å². The highest BCUT2D eigenvalue weighted by Gasteiger charge is 2.50. The predicted octanol–water partition coefficient (Wildman–Crippen LogP) is 1.98. The second-order valence-electron chi connectivity index (χ2n) is 9.87. The van der Waals surface area contributed by atoms with Crippen LogP contribution in [0.25, 0.3) is 0 Å². The molecule has 5 rings (SSSR count). The van der Waals surface area contributed by atoms with Crippen molar-refractivity contribution in [3.05, 3.63) is 40.0 Å². The topological polar surface area (TPSA) is 113 Å². The zero-order valence-corrected chi connectivity index (χ0v) is 19.2. The number of Topliss-reactive ketones (excluding diaryl/α,β-unsaturated/α-hetero) is 3. The van der Waals surface area contributed by atoms with Crippen molar-refractivity contribution in [3.63, 3.8) is 0 Å².